The Kier molecular flexibility index (Phi) is 5.19. The second-order valence-electron chi connectivity index (χ2n) is 5.83. The van der Waals surface area contributed by atoms with E-state index >= 15 is 0 Å². The molecule has 0 aliphatic rings. The van der Waals surface area contributed by atoms with Crippen LogP contribution in [0, 0.1) is 0 Å². The molecular weight excluding hydrogens is 314 g/mol. The summed E-state index contributed by atoms with van der Waals surface area (Å²) in [5, 5.41) is 5.16. The van der Waals surface area contributed by atoms with Gasteiger partial charge in [-0.05, 0) is 35.9 Å². The fraction of sp³-hybridized carbons (Fsp3) is 0.190. The third kappa shape index (κ3) is 4.10. The smallest absolute Gasteiger partial charge is 0.258 e. The van der Waals surface area contributed by atoms with Crippen LogP contribution in [0.15, 0.2) is 66.7 Å². The zero-order chi connectivity index (χ0) is 17.6. The number of amides is 1. The highest BCUT2D eigenvalue weighted by Crippen LogP contribution is 2.24. The largest absolute Gasteiger partial charge is 0.496 e. The first-order chi connectivity index (χ1) is 12.2. The molecule has 0 aliphatic heterocycles. The lowest BCUT2D eigenvalue weighted by atomic mass is 10.1. The molecule has 4 heteroatoms. The fourth-order valence-corrected chi connectivity index (χ4v) is 2.79. The van der Waals surface area contributed by atoms with E-state index in [1.165, 1.54) is 0 Å². The van der Waals surface area contributed by atoms with Crippen LogP contribution >= 0.6 is 0 Å². The number of hydrogen-bond donors (Lipinski definition) is 1. The van der Waals surface area contributed by atoms with Gasteiger partial charge < -0.3 is 14.8 Å². The maximum absolute atomic E-state index is 12.2. The summed E-state index contributed by atoms with van der Waals surface area (Å²) in [4.78, 5) is 12.2. The molecule has 0 bridgehead atoms. The molecular formula is C21H21NO3. The Bertz CT molecular complexity index is 876. The summed E-state index contributed by atoms with van der Waals surface area (Å²) in [7, 11) is 1.62. The van der Waals surface area contributed by atoms with Crippen molar-refractivity contribution < 1.29 is 14.3 Å². The van der Waals surface area contributed by atoms with Crippen molar-refractivity contribution in [3.63, 3.8) is 0 Å². The summed E-state index contributed by atoms with van der Waals surface area (Å²) < 4.78 is 11.0. The summed E-state index contributed by atoms with van der Waals surface area (Å²) in [6, 6.07) is 21.3. The summed E-state index contributed by atoms with van der Waals surface area (Å²) >= 11 is 0. The molecule has 128 valence electrons. The van der Waals surface area contributed by atoms with Gasteiger partial charge >= 0.3 is 0 Å². The molecule has 0 spiro atoms. The van der Waals surface area contributed by atoms with E-state index in [1.54, 1.807) is 7.11 Å². The van der Waals surface area contributed by atoms with E-state index in [0.717, 1.165) is 22.1 Å². The van der Waals surface area contributed by atoms with Crippen LogP contribution in [-0.4, -0.2) is 19.6 Å². The molecule has 3 aromatic carbocycles. The molecule has 0 heterocycles. The highest BCUT2D eigenvalue weighted by atomic mass is 16.5. The predicted molar refractivity (Wildman–Crippen MR) is 99.0 cm³/mol. The minimum Gasteiger partial charge on any atom is -0.496 e. The standard InChI is InChI=1S/C21H21NO3/c1-15(19-9-5-6-10-20(19)24-2)22-21(23)14-25-18-12-11-16-7-3-4-8-17(16)13-18/h3-13,15H,14H2,1-2H3,(H,22,23)/t15-/m1/s1. The quantitative estimate of drug-likeness (QED) is 0.737. The van der Waals surface area contributed by atoms with E-state index in [-0.39, 0.29) is 18.6 Å². The van der Waals surface area contributed by atoms with Crippen molar-refractivity contribution >= 4 is 16.7 Å². The van der Waals surface area contributed by atoms with Crippen LogP contribution in [0.4, 0.5) is 0 Å². The molecule has 0 unspecified atom stereocenters. The lowest BCUT2D eigenvalue weighted by molar-refractivity contribution is -0.123. The first-order valence-corrected chi connectivity index (χ1v) is 8.21. The number of carbonyl (C=O) groups excluding carboxylic acids is 1. The minimum absolute atomic E-state index is 0.0299. The highest BCUT2D eigenvalue weighted by molar-refractivity contribution is 5.84. The molecule has 25 heavy (non-hydrogen) atoms. The Morgan fingerprint density at radius 3 is 2.52 bits per heavy atom. The summed E-state index contributed by atoms with van der Waals surface area (Å²) in [6.45, 7) is 1.89. The maximum Gasteiger partial charge on any atom is 0.258 e. The van der Waals surface area contributed by atoms with Crippen molar-refractivity contribution in [3.8, 4) is 11.5 Å². The first kappa shape index (κ1) is 16.8. The highest BCUT2D eigenvalue weighted by Gasteiger charge is 2.14. The lowest BCUT2D eigenvalue weighted by Gasteiger charge is -2.17. The zero-order valence-corrected chi connectivity index (χ0v) is 14.4. The van der Waals surface area contributed by atoms with Crippen molar-refractivity contribution in [3.05, 3.63) is 72.3 Å². The molecule has 1 N–H and O–H groups in total. The van der Waals surface area contributed by atoms with Crippen molar-refractivity contribution in [2.75, 3.05) is 13.7 Å². The van der Waals surface area contributed by atoms with Crippen LogP contribution in [0.3, 0.4) is 0 Å². The van der Waals surface area contributed by atoms with Crippen LogP contribution in [0.5, 0.6) is 11.5 Å². The number of methoxy groups -OCH3 is 1. The number of fused-ring (bicyclic) bond motifs is 1. The lowest BCUT2D eigenvalue weighted by Crippen LogP contribution is -2.31. The van der Waals surface area contributed by atoms with Gasteiger partial charge in [-0.3, -0.25) is 4.79 Å². The monoisotopic (exact) mass is 335 g/mol. The second kappa shape index (κ2) is 7.71. The number of carbonyl (C=O) groups is 1. The second-order valence-corrected chi connectivity index (χ2v) is 5.83. The van der Waals surface area contributed by atoms with E-state index in [9.17, 15) is 4.79 Å². The summed E-state index contributed by atoms with van der Waals surface area (Å²) in [5.41, 5.74) is 0.934. The molecule has 0 fully saturated rings. The molecule has 1 amide bonds. The molecule has 0 aliphatic carbocycles. The molecule has 0 saturated carbocycles. The molecule has 3 aromatic rings. The van der Waals surface area contributed by atoms with Crippen LogP contribution in [-0.2, 0) is 4.79 Å². The average molecular weight is 335 g/mol. The van der Waals surface area contributed by atoms with Crippen molar-refractivity contribution in [1.29, 1.82) is 0 Å². The number of ether oxygens (including phenoxy) is 2. The van der Waals surface area contributed by atoms with E-state index in [1.807, 2.05) is 73.7 Å². The third-order valence-electron chi connectivity index (χ3n) is 4.07. The number of hydrogen-bond acceptors (Lipinski definition) is 3. The van der Waals surface area contributed by atoms with Crippen molar-refractivity contribution in [2.24, 2.45) is 0 Å². The molecule has 1 atom stereocenters. The number of rotatable bonds is 6. The van der Waals surface area contributed by atoms with Gasteiger partial charge in [0.2, 0.25) is 0 Å². The Morgan fingerprint density at radius 1 is 1.00 bits per heavy atom. The van der Waals surface area contributed by atoms with Gasteiger partial charge in [0.1, 0.15) is 11.5 Å². The molecule has 3 rings (SSSR count). The van der Waals surface area contributed by atoms with Crippen molar-refractivity contribution in [1.82, 2.24) is 5.32 Å². The Balaban J connectivity index is 1.60. The van der Waals surface area contributed by atoms with E-state index < -0.39 is 0 Å². The van der Waals surface area contributed by atoms with Crippen LogP contribution in [0.1, 0.15) is 18.5 Å². The normalized spacial score (nSPS) is 11.8. The summed E-state index contributed by atoms with van der Waals surface area (Å²) in [6.07, 6.45) is 0. The van der Waals surface area contributed by atoms with Gasteiger partial charge in [0.05, 0.1) is 13.2 Å². The van der Waals surface area contributed by atoms with Gasteiger partial charge in [-0.15, -0.1) is 0 Å². The van der Waals surface area contributed by atoms with Gasteiger partial charge in [0.15, 0.2) is 6.61 Å². The van der Waals surface area contributed by atoms with Gasteiger partial charge in [-0.2, -0.15) is 0 Å². The average Bonchev–Trinajstić information content (AvgIpc) is 2.66. The van der Waals surface area contributed by atoms with Crippen molar-refractivity contribution in [2.45, 2.75) is 13.0 Å². The Morgan fingerprint density at radius 2 is 1.72 bits per heavy atom. The van der Waals surface area contributed by atoms with E-state index in [4.69, 9.17) is 9.47 Å². The SMILES string of the molecule is COc1ccccc1[C@@H](C)NC(=O)COc1ccc2ccccc2c1. The fourth-order valence-electron chi connectivity index (χ4n) is 2.79. The maximum atomic E-state index is 12.2. The molecule has 0 aromatic heterocycles. The van der Waals surface area contributed by atoms with E-state index in [0.29, 0.717) is 5.75 Å². The first-order valence-electron chi connectivity index (χ1n) is 8.21. The van der Waals surface area contributed by atoms with Gasteiger partial charge in [0.25, 0.3) is 5.91 Å². The van der Waals surface area contributed by atoms with Crippen LogP contribution < -0.4 is 14.8 Å². The van der Waals surface area contributed by atoms with Gasteiger partial charge in [-0.25, -0.2) is 0 Å². The number of para-hydroxylation sites is 1. The molecule has 0 saturated heterocycles. The third-order valence-corrected chi connectivity index (χ3v) is 4.07. The molecule has 4 nitrogen and oxygen atoms in total. The topological polar surface area (TPSA) is 47.6 Å². The summed E-state index contributed by atoms with van der Waals surface area (Å²) in [5.74, 6) is 1.26. The van der Waals surface area contributed by atoms with Crippen LogP contribution in [0.25, 0.3) is 10.8 Å². The molecule has 0 radical (unpaired) electrons. The Hall–Kier alpha value is -3.01. The van der Waals surface area contributed by atoms with Gasteiger partial charge in [0, 0.05) is 5.56 Å². The number of nitrogens with one attached hydrogen (secondary N) is 1. The minimum atomic E-state index is -0.174. The number of benzene rings is 3. The van der Waals surface area contributed by atoms with Crippen LogP contribution in [0.2, 0.25) is 0 Å². The zero-order valence-electron chi connectivity index (χ0n) is 14.4. The predicted octanol–water partition coefficient (Wildman–Crippen LogP) is 4.10. The van der Waals surface area contributed by atoms with Gasteiger partial charge in [-0.1, -0.05) is 48.5 Å². The van der Waals surface area contributed by atoms with E-state index in [2.05, 4.69) is 5.32 Å². The Labute approximate surface area is 147 Å².